The molecular weight excluding hydrogens is 434 g/mol. The molecule has 1 atom stereocenters. The lowest BCUT2D eigenvalue weighted by Crippen LogP contribution is -2.45. The fourth-order valence-electron chi connectivity index (χ4n) is 3.45. The first kappa shape index (κ1) is 23.3. The molecule has 2 N–H and O–H groups in total. The van der Waals surface area contributed by atoms with Gasteiger partial charge < -0.3 is 15.2 Å². The smallest absolute Gasteiger partial charge is 0.412 e. The second kappa shape index (κ2) is 8.62. The summed E-state index contributed by atoms with van der Waals surface area (Å²) in [5.41, 5.74) is 0.335. The molecule has 1 aromatic carbocycles. The number of sulfone groups is 1. The van der Waals surface area contributed by atoms with Gasteiger partial charge in [-0.2, -0.15) is 0 Å². The number of benzene rings is 1. The second-order valence-electron chi connectivity index (χ2n) is 8.31. The van der Waals surface area contributed by atoms with Crippen LogP contribution in [0.25, 0.3) is 11.3 Å². The third-order valence-electron chi connectivity index (χ3n) is 4.80. The molecule has 1 aliphatic rings. The van der Waals surface area contributed by atoms with Crippen molar-refractivity contribution in [2.45, 2.75) is 32.4 Å². The van der Waals surface area contributed by atoms with Crippen LogP contribution in [-0.4, -0.2) is 55.0 Å². The number of carbonyl (C=O) groups excluding carboxylic acids is 1. The van der Waals surface area contributed by atoms with E-state index < -0.39 is 33.4 Å². The number of anilines is 1. The molecule has 0 unspecified atom stereocenters. The lowest BCUT2D eigenvalue weighted by atomic mass is 10.0. The van der Waals surface area contributed by atoms with Crippen LogP contribution in [0.4, 0.5) is 10.5 Å². The van der Waals surface area contributed by atoms with Crippen LogP contribution in [-0.2, 0) is 9.84 Å². The number of nitrogens with zero attached hydrogens (tertiary/aromatic N) is 2. The molecule has 1 aliphatic heterocycles. The summed E-state index contributed by atoms with van der Waals surface area (Å²) in [4.78, 5) is 30.8. The van der Waals surface area contributed by atoms with Gasteiger partial charge in [-0.15, -0.1) is 0 Å². The fraction of sp³-hybridized carbons (Fsp3) is 0.318. The average molecular weight is 460 g/mol. The van der Waals surface area contributed by atoms with Gasteiger partial charge >= 0.3 is 6.09 Å². The molecule has 2 heterocycles. The number of amides is 2. The summed E-state index contributed by atoms with van der Waals surface area (Å²) in [6.45, 7) is 5.19. The molecule has 1 aromatic heterocycles. The Labute approximate surface area is 186 Å². The van der Waals surface area contributed by atoms with Crippen LogP contribution in [0.1, 0.15) is 31.1 Å². The topological polar surface area (TPSA) is 126 Å². The number of hydrogen-bond donors (Lipinski definition) is 2. The Bertz CT molecular complexity index is 1170. The Morgan fingerprint density at radius 2 is 1.88 bits per heavy atom. The Kier molecular flexibility index (Phi) is 6.27. The van der Waals surface area contributed by atoms with Crippen molar-refractivity contribution in [1.82, 2.24) is 10.3 Å². The van der Waals surface area contributed by atoms with E-state index in [4.69, 9.17) is 4.74 Å². The van der Waals surface area contributed by atoms with Crippen LogP contribution in [0, 0.1) is 0 Å². The van der Waals surface area contributed by atoms with Gasteiger partial charge in [0.25, 0.3) is 5.91 Å². The van der Waals surface area contributed by atoms with Crippen molar-refractivity contribution in [2.24, 2.45) is 0 Å². The van der Waals surface area contributed by atoms with E-state index in [-0.39, 0.29) is 22.9 Å². The number of ether oxygens (including phenoxy) is 1. The summed E-state index contributed by atoms with van der Waals surface area (Å²) in [5, 5.41) is 13.7. The summed E-state index contributed by atoms with van der Waals surface area (Å²) in [5.74, 6) is -0.873. The Morgan fingerprint density at radius 1 is 1.22 bits per heavy atom. The predicted molar refractivity (Wildman–Crippen MR) is 121 cm³/mol. The lowest BCUT2D eigenvalue weighted by Gasteiger charge is -2.34. The highest BCUT2D eigenvalue weighted by Gasteiger charge is 2.33. The van der Waals surface area contributed by atoms with Crippen LogP contribution in [0.15, 0.2) is 47.9 Å². The van der Waals surface area contributed by atoms with Crippen molar-refractivity contribution in [1.29, 1.82) is 0 Å². The summed E-state index contributed by atoms with van der Waals surface area (Å²) in [7, 11) is -2.01. The van der Waals surface area contributed by atoms with Gasteiger partial charge in [-0.05, 0) is 32.9 Å². The standard InChI is InChI=1S/C22H25N3O6S/c1-22(2,3)25(21(27)28)17-12-16(19(26)23-15-10-11-32(29,30)13-15)20(31-4)24-18(17)14-8-6-5-7-9-14/h5-12,15H,13H2,1-4H3,(H,23,26)(H,27,28)/t15-/m1/s1. The lowest BCUT2D eigenvalue weighted by molar-refractivity contribution is 0.0943. The zero-order valence-corrected chi connectivity index (χ0v) is 19.0. The molecule has 0 saturated carbocycles. The number of aromatic nitrogens is 1. The first-order chi connectivity index (χ1) is 14.9. The predicted octanol–water partition coefficient (Wildman–Crippen LogP) is 3.08. The van der Waals surface area contributed by atoms with Crippen molar-refractivity contribution in [3.05, 3.63) is 53.4 Å². The van der Waals surface area contributed by atoms with E-state index in [1.165, 1.54) is 19.3 Å². The van der Waals surface area contributed by atoms with Gasteiger partial charge in [0.15, 0.2) is 9.84 Å². The molecule has 0 bridgehead atoms. The first-order valence-corrected chi connectivity index (χ1v) is 11.5. The normalized spacial score (nSPS) is 17.1. The molecule has 0 fully saturated rings. The number of carbonyl (C=O) groups is 2. The van der Waals surface area contributed by atoms with Crippen LogP contribution in [0.5, 0.6) is 5.88 Å². The highest BCUT2D eigenvalue weighted by molar-refractivity contribution is 7.94. The molecule has 0 aliphatic carbocycles. The number of methoxy groups -OCH3 is 1. The number of rotatable bonds is 5. The third-order valence-corrected chi connectivity index (χ3v) is 6.20. The quantitative estimate of drug-likeness (QED) is 0.704. The minimum absolute atomic E-state index is 0.00428. The Morgan fingerprint density at radius 3 is 2.38 bits per heavy atom. The number of nitrogens with one attached hydrogen (secondary N) is 1. The van der Waals surface area contributed by atoms with Gasteiger partial charge in [0, 0.05) is 16.5 Å². The molecule has 2 aromatic rings. The van der Waals surface area contributed by atoms with Gasteiger partial charge in [0.2, 0.25) is 5.88 Å². The maximum atomic E-state index is 13.0. The molecular formula is C22H25N3O6S. The summed E-state index contributed by atoms with van der Waals surface area (Å²) < 4.78 is 28.7. The van der Waals surface area contributed by atoms with Crippen molar-refractivity contribution < 1.29 is 27.9 Å². The molecule has 0 saturated heterocycles. The summed E-state index contributed by atoms with van der Waals surface area (Å²) in [6, 6.07) is 9.68. The zero-order chi connectivity index (χ0) is 23.7. The molecule has 170 valence electrons. The van der Waals surface area contributed by atoms with E-state index in [2.05, 4.69) is 10.3 Å². The van der Waals surface area contributed by atoms with Crippen molar-refractivity contribution in [3.63, 3.8) is 0 Å². The Hall–Kier alpha value is -3.40. The highest BCUT2D eigenvalue weighted by atomic mass is 32.2. The maximum Gasteiger partial charge on any atom is 0.412 e. The first-order valence-electron chi connectivity index (χ1n) is 9.82. The van der Waals surface area contributed by atoms with Crippen LogP contribution < -0.4 is 15.0 Å². The average Bonchev–Trinajstić information content (AvgIpc) is 3.05. The largest absolute Gasteiger partial charge is 0.480 e. The fourth-order valence-corrected chi connectivity index (χ4v) is 4.68. The maximum absolute atomic E-state index is 13.0. The van der Waals surface area contributed by atoms with Crippen LogP contribution in [0.3, 0.4) is 0 Å². The molecule has 0 spiro atoms. The zero-order valence-electron chi connectivity index (χ0n) is 18.2. The molecule has 32 heavy (non-hydrogen) atoms. The van der Waals surface area contributed by atoms with Gasteiger partial charge in [0.05, 0.1) is 30.3 Å². The Balaban J connectivity index is 2.16. The second-order valence-corrected chi connectivity index (χ2v) is 10.2. The molecule has 0 radical (unpaired) electrons. The van der Waals surface area contributed by atoms with E-state index >= 15 is 0 Å². The van der Waals surface area contributed by atoms with E-state index in [0.717, 1.165) is 10.3 Å². The molecule has 9 nitrogen and oxygen atoms in total. The molecule has 3 rings (SSSR count). The van der Waals surface area contributed by atoms with Crippen molar-refractivity contribution >= 4 is 27.5 Å². The van der Waals surface area contributed by atoms with Crippen LogP contribution in [0.2, 0.25) is 0 Å². The SMILES string of the molecule is COc1nc(-c2ccccc2)c(N(C(=O)O)C(C)(C)C)cc1C(=O)N[C@@H]1C=CS(=O)(=O)C1. The van der Waals surface area contributed by atoms with Crippen LogP contribution >= 0.6 is 0 Å². The minimum atomic E-state index is -3.36. The number of carboxylic acid groups (broad SMARTS) is 1. The van der Waals surface area contributed by atoms with Gasteiger partial charge in [-0.1, -0.05) is 30.3 Å². The molecule has 10 heteroatoms. The van der Waals surface area contributed by atoms with Crippen molar-refractivity contribution in [3.8, 4) is 17.1 Å². The highest BCUT2D eigenvalue weighted by Crippen LogP contribution is 2.37. The van der Waals surface area contributed by atoms with Crippen molar-refractivity contribution in [2.75, 3.05) is 17.8 Å². The van der Waals surface area contributed by atoms with E-state index in [1.54, 1.807) is 45.0 Å². The third kappa shape index (κ3) is 4.91. The summed E-state index contributed by atoms with van der Waals surface area (Å²) >= 11 is 0. The van der Waals surface area contributed by atoms with Gasteiger partial charge in [-0.25, -0.2) is 18.2 Å². The monoisotopic (exact) mass is 459 g/mol. The molecule has 2 amide bonds. The van der Waals surface area contributed by atoms with Gasteiger partial charge in [0.1, 0.15) is 5.56 Å². The minimum Gasteiger partial charge on any atom is -0.480 e. The van der Waals surface area contributed by atoms with E-state index in [0.29, 0.717) is 11.3 Å². The number of pyridine rings is 1. The van der Waals surface area contributed by atoms with Gasteiger partial charge in [-0.3, -0.25) is 9.69 Å². The summed E-state index contributed by atoms with van der Waals surface area (Å²) in [6.07, 6.45) is 0.184. The number of hydrogen-bond acceptors (Lipinski definition) is 6. The van der Waals surface area contributed by atoms with E-state index in [9.17, 15) is 23.1 Å². The van der Waals surface area contributed by atoms with E-state index in [1.807, 2.05) is 6.07 Å².